The molecule has 0 aliphatic heterocycles. The van der Waals surface area contributed by atoms with Crippen LogP contribution in [0.3, 0.4) is 0 Å². The number of nitrogens with zero attached hydrogens (tertiary/aromatic N) is 1. The summed E-state index contributed by atoms with van der Waals surface area (Å²) in [6.07, 6.45) is 0.750. The number of amides is 2. The number of carbonyl (C=O) groups excluding carboxylic acids is 2. The number of hydrogen-bond donors (Lipinski definition) is 2. The maximum absolute atomic E-state index is 11.2. The summed E-state index contributed by atoms with van der Waals surface area (Å²) < 4.78 is 0. The summed E-state index contributed by atoms with van der Waals surface area (Å²) >= 11 is 0. The Kier molecular flexibility index (Phi) is 6.79. The van der Waals surface area contributed by atoms with Gasteiger partial charge in [-0.1, -0.05) is 42.0 Å². The van der Waals surface area contributed by atoms with Crippen LogP contribution >= 0.6 is 0 Å². The van der Waals surface area contributed by atoms with Gasteiger partial charge >= 0.3 is 0 Å². The summed E-state index contributed by atoms with van der Waals surface area (Å²) in [5.74, 6) is -0.499. The second-order valence-corrected chi connectivity index (χ2v) is 4.96. The average molecular weight is 300 g/mol. The second kappa shape index (κ2) is 8.59. The molecular formula is C17H20N2O3. The lowest BCUT2D eigenvalue weighted by atomic mass is 10.0. The smallest absolute Gasteiger partial charge is 0.274 e. The summed E-state index contributed by atoms with van der Waals surface area (Å²) in [5, 5.41) is 8.51. The van der Waals surface area contributed by atoms with Crippen LogP contribution in [0.25, 0.3) is 11.1 Å². The number of benzene rings is 2. The highest BCUT2D eigenvalue weighted by Gasteiger charge is 2.04. The van der Waals surface area contributed by atoms with Gasteiger partial charge in [0.1, 0.15) is 0 Å². The van der Waals surface area contributed by atoms with Crippen LogP contribution in [0.15, 0.2) is 48.5 Å². The van der Waals surface area contributed by atoms with E-state index >= 15 is 0 Å². The zero-order valence-corrected chi connectivity index (χ0v) is 12.9. The molecule has 5 heteroatoms. The lowest BCUT2D eigenvalue weighted by Gasteiger charge is -2.04. The summed E-state index contributed by atoms with van der Waals surface area (Å²) in [6, 6.07) is 15.2. The molecule has 0 aliphatic rings. The van der Waals surface area contributed by atoms with Crippen molar-refractivity contribution in [2.45, 2.75) is 6.92 Å². The van der Waals surface area contributed by atoms with Gasteiger partial charge in [-0.2, -0.15) is 0 Å². The fraction of sp³-hybridized carbons (Fsp3) is 0.176. The van der Waals surface area contributed by atoms with Gasteiger partial charge in [-0.05, 0) is 30.2 Å². The van der Waals surface area contributed by atoms with Crippen molar-refractivity contribution >= 4 is 12.3 Å². The molecule has 2 aromatic rings. The van der Waals surface area contributed by atoms with Crippen molar-refractivity contribution in [2.75, 3.05) is 14.1 Å². The Morgan fingerprint density at radius 3 is 2.14 bits per heavy atom. The fourth-order valence-corrected chi connectivity index (χ4v) is 1.70. The Labute approximate surface area is 130 Å². The molecule has 2 rings (SSSR count). The number of aryl methyl sites for hydroxylation is 1. The Balaban J connectivity index is 0.000000422. The summed E-state index contributed by atoms with van der Waals surface area (Å²) in [5.41, 5.74) is 5.40. The van der Waals surface area contributed by atoms with E-state index in [-0.39, 0.29) is 0 Å². The molecule has 0 heterocycles. The van der Waals surface area contributed by atoms with Crippen LogP contribution in [-0.2, 0) is 4.79 Å². The Bertz CT molecular complexity index is 622. The molecule has 2 N–H and O–H groups in total. The predicted octanol–water partition coefficient (Wildman–Crippen LogP) is 2.49. The molecule has 2 amide bonds. The van der Waals surface area contributed by atoms with Crippen LogP contribution in [0.1, 0.15) is 15.9 Å². The van der Waals surface area contributed by atoms with E-state index in [0.29, 0.717) is 5.56 Å². The fourth-order valence-electron chi connectivity index (χ4n) is 1.70. The van der Waals surface area contributed by atoms with Crippen molar-refractivity contribution in [1.82, 2.24) is 10.4 Å². The molecule has 0 saturated heterocycles. The van der Waals surface area contributed by atoms with Crippen molar-refractivity contribution in [3.05, 3.63) is 59.7 Å². The van der Waals surface area contributed by atoms with Crippen molar-refractivity contribution in [2.24, 2.45) is 0 Å². The van der Waals surface area contributed by atoms with E-state index in [2.05, 4.69) is 6.07 Å². The summed E-state index contributed by atoms with van der Waals surface area (Å²) in [7, 11) is 3.38. The van der Waals surface area contributed by atoms with Crippen molar-refractivity contribution in [3.63, 3.8) is 0 Å². The van der Waals surface area contributed by atoms with Crippen LogP contribution in [-0.4, -0.2) is 36.5 Å². The summed E-state index contributed by atoms with van der Waals surface area (Å²) in [4.78, 5) is 22.0. The minimum Gasteiger partial charge on any atom is -0.351 e. The van der Waals surface area contributed by atoms with Gasteiger partial charge in [-0.25, -0.2) is 5.48 Å². The molecule has 0 bridgehead atoms. The first-order valence-electron chi connectivity index (χ1n) is 6.71. The molecule has 0 fully saturated rings. The van der Waals surface area contributed by atoms with Crippen molar-refractivity contribution in [3.8, 4) is 11.1 Å². The van der Waals surface area contributed by atoms with Crippen LogP contribution < -0.4 is 5.48 Å². The lowest BCUT2D eigenvalue weighted by Crippen LogP contribution is -2.18. The highest BCUT2D eigenvalue weighted by molar-refractivity contribution is 5.93. The van der Waals surface area contributed by atoms with Crippen LogP contribution in [0.5, 0.6) is 0 Å². The Hall–Kier alpha value is -2.66. The van der Waals surface area contributed by atoms with E-state index in [0.717, 1.165) is 17.5 Å². The van der Waals surface area contributed by atoms with Gasteiger partial charge in [-0.15, -0.1) is 0 Å². The van der Waals surface area contributed by atoms with Gasteiger partial charge in [-0.3, -0.25) is 14.8 Å². The van der Waals surface area contributed by atoms with E-state index in [9.17, 15) is 9.59 Å². The average Bonchev–Trinajstić information content (AvgIpc) is 2.54. The zero-order chi connectivity index (χ0) is 16.5. The minimum atomic E-state index is -0.499. The number of rotatable bonds is 3. The molecule has 5 nitrogen and oxygen atoms in total. The maximum atomic E-state index is 11.2. The minimum absolute atomic E-state index is 0.434. The number of hydroxylamine groups is 1. The summed E-state index contributed by atoms with van der Waals surface area (Å²) in [6.45, 7) is 2.04. The van der Waals surface area contributed by atoms with Gasteiger partial charge in [0.25, 0.3) is 5.91 Å². The van der Waals surface area contributed by atoms with Gasteiger partial charge in [0.2, 0.25) is 6.41 Å². The highest BCUT2D eigenvalue weighted by Crippen LogP contribution is 2.20. The third-order valence-electron chi connectivity index (χ3n) is 2.81. The lowest BCUT2D eigenvalue weighted by molar-refractivity contribution is -0.115. The first-order chi connectivity index (χ1) is 10.5. The molecular weight excluding hydrogens is 280 g/mol. The van der Waals surface area contributed by atoms with Crippen molar-refractivity contribution < 1.29 is 14.8 Å². The topological polar surface area (TPSA) is 69.6 Å². The Morgan fingerprint density at radius 1 is 1.09 bits per heavy atom. The van der Waals surface area contributed by atoms with E-state index in [1.165, 1.54) is 10.5 Å². The first-order valence-corrected chi connectivity index (χ1v) is 6.71. The van der Waals surface area contributed by atoms with Crippen LogP contribution in [0.4, 0.5) is 0 Å². The molecule has 116 valence electrons. The molecule has 0 spiro atoms. The van der Waals surface area contributed by atoms with E-state index in [4.69, 9.17) is 5.21 Å². The number of hydrogen-bond acceptors (Lipinski definition) is 3. The van der Waals surface area contributed by atoms with Crippen LogP contribution in [0.2, 0.25) is 0 Å². The SMILES string of the molecule is CN(C)C=O.Cc1cccc(-c2ccc(C(=O)NO)cc2)c1. The number of carbonyl (C=O) groups is 2. The monoisotopic (exact) mass is 300 g/mol. The van der Waals surface area contributed by atoms with Gasteiger partial charge in [0.15, 0.2) is 0 Å². The van der Waals surface area contributed by atoms with E-state index in [1.54, 1.807) is 31.7 Å². The molecule has 0 unspecified atom stereocenters. The van der Waals surface area contributed by atoms with Gasteiger partial charge in [0, 0.05) is 19.7 Å². The zero-order valence-electron chi connectivity index (χ0n) is 12.9. The second-order valence-electron chi connectivity index (χ2n) is 4.96. The molecule has 2 aromatic carbocycles. The number of nitrogens with one attached hydrogen (secondary N) is 1. The molecule has 22 heavy (non-hydrogen) atoms. The van der Waals surface area contributed by atoms with E-state index < -0.39 is 5.91 Å². The normalized spacial score (nSPS) is 9.27. The Morgan fingerprint density at radius 2 is 1.68 bits per heavy atom. The molecule has 0 aliphatic carbocycles. The first kappa shape index (κ1) is 17.4. The predicted molar refractivity (Wildman–Crippen MR) is 85.6 cm³/mol. The third kappa shape index (κ3) is 5.38. The van der Waals surface area contributed by atoms with Gasteiger partial charge in [0.05, 0.1) is 0 Å². The van der Waals surface area contributed by atoms with Crippen LogP contribution in [0, 0.1) is 6.92 Å². The van der Waals surface area contributed by atoms with E-state index in [1.807, 2.05) is 37.3 Å². The van der Waals surface area contributed by atoms with Gasteiger partial charge < -0.3 is 4.90 Å². The molecule has 0 atom stereocenters. The largest absolute Gasteiger partial charge is 0.351 e. The van der Waals surface area contributed by atoms with Crippen molar-refractivity contribution in [1.29, 1.82) is 0 Å². The highest BCUT2D eigenvalue weighted by atomic mass is 16.5. The third-order valence-corrected chi connectivity index (χ3v) is 2.81. The standard InChI is InChI=1S/C14H13NO2.C3H7NO/c1-10-3-2-4-13(9-10)11-5-7-12(8-6-11)14(16)15-17;1-4(2)3-5/h2-9,17H,1H3,(H,15,16);3H,1-2H3. The quantitative estimate of drug-likeness (QED) is 0.520. The maximum Gasteiger partial charge on any atom is 0.274 e. The molecule has 0 radical (unpaired) electrons. The molecule has 0 aromatic heterocycles. The molecule has 0 saturated carbocycles.